The van der Waals surface area contributed by atoms with Gasteiger partial charge in [0.2, 0.25) is 5.91 Å². The van der Waals surface area contributed by atoms with E-state index in [0.717, 1.165) is 0 Å². The second-order valence-corrected chi connectivity index (χ2v) is 6.58. The summed E-state index contributed by atoms with van der Waals surface area (Å²) in [6.45, 7) is 3.06. The molecule has 0 aromatic heterocycles. The molecule has 136 valence electrons. The van der Waals surface area contributed by atoms with Crippen LogP contribution in [0.5, 0.6) is 11.5 Å². The fourth-order valence-electron chi connectivity index (χ4n) is 3.18. The van der Waals surface area contributed by atoms with Crippen molar-refractivity contribution in [3.8, 4) is 11.5 Å². The number of carboxylic acids is 1. The third kappa shape index (κ3) is 4.40. The topological polar surface area (TPSA) is 78.9 Å². The molecule has 2 aromatic rings. The first-order valence-corrected chi connectivity index (χ1v) is 8.60. The Morgan fingerprint density at radius 3 is 2.50 bits per heavy atom. The van der Waals surface area contributed by atoms with Crippen LogP contribution in [0.1, 0.15) is 6.92 Å². The van der Waals surface area contributed by atoms with Gasteiger partial charge in [-0.1, -0.05) is 37.3 Å². The summed E-state index contributed by atoms with van der Waals surface area (Å²) >= 11 is 0. The second kappa shape index (κ2) is 8.01. The van der Waals surface area contributed by atoms with Gasteiger partial charge in [0, 0.05) is 13.1 Å². The number of carbonyl (C=O) groups excluding carboxylic acids is 1. The Hall–Kier alpha value is -2.86. The summed E-state index contributed by atoms with van der Waals surface area (Å²) in [4.78, 5) is 25.5. The van der Waals surface area contributed by atoms with Gasteiger partial charge in [-0.15, -0.1) is 0 Å². The first-order valence-electron chi connectivity index (χ1n) is 8.60. The van der Waals surface area contributed by atoms with Crippen LogP contribution in [-0.4, -0.2) is 41.5 Å². The highest BCUT2D eigenvalue weighted by Crippen LogP contribution is 2.29. The van der Waals surface area contributed by atoms with Crippen LogP contribution < -0.4 is 10.1 Å². The van der Waals surface area contributed by atoms with Gasteiger partial charge in [-0.05, 0) is 30.2 Å². The monoisotopic (exact) mass is 354 g/mol. The van der Waals surface area contributed by atoms with E-state index in [9.17, 15) is 14.7 Å². The lowest BCUT2D eigenvalue weighted by atomic mass is 9.99. The van der Waals surface area contributed by atoms with Crippen molar-refractivity contribution in [3.63, 3.8) is 0 Å². The zero-order valence-corrected chi connectivity index (χ0v) is 14.6. The molecule has 1 aliphatic rings. The highest BCUT2D eigenvalue weighted by atomic mass is 16.5. The number of likely N-dealkylation sites (tertiary alicyclic amines) is 1. The second-order valence-electron chi connectivity index (χ2n) is 6.58. The molecule has 0 aliphatic carbocycles. The molecular formula is C20H22N2O4. The van der Waals surface area contributed by atoms with Crippen LogP contribution in [0.3, 0.4) is 0 Å². The van der Waals surface area contributed by atoms with Crippen molar-refractivity contribution in [2.45, 2.75) is 6.92 Å². The Labute approximate surface area is 152 Å². The first kappa shape index (κ1) is 17.9. The van der Waals surface area contributed by atoms with Crippen molar-refractivity contribution in [1.82, 2.24) is 4.90 Å². The minimum Gasteiger partial charge on any atom is -0.481 e. The van der Waals surface area contributed by atoms with Crippen LogP contribution in [0.4, 0.5) is 5.69 Å². The number of carbonyl (C=O) groups is 2. The standard InChI is InChI=1S/C20H22N2O4/c1-14-11-22(12-16(14)20(24)25)13-19(23)21-17-9-5-6-10-18(17)26-15-7-3-2-4-8-15/h2-10,14,16H,11-13H2,1H3,(H,21,23)(H,24,25)/t14-,16-/m1/s1. The van der Waals surface area contributed by atoms with Crippen LogP contribution in [-0.2, 0) is 9.59 Å². The molecule has 0 unspecified atom stereocenters. The average Bonchev–Trinajstić information content (AvgIpc) is 2.98. The maximum atomic E-state index is 12.4. The van der Waals surface area contributed by atoms with Gasteiger partial charge >= 0.3 is 5.97 Å². The Kier molecular flexibility index (Phi) is 5.53. The molecule has 1 amide bonds. The number of hydrogen-bond donors (Lipinski definition) is 2. The maximum Gasteiger partial charge on any atom is 0.308 e. The van der Waals surface area contributed by atoms with Crippen LogP contribution in [0, 0.1) is 11.8 Å². The quantitative estimate of drug-likeness (QED) is 0.833. The fourth-order valence-corrected chi connectivity index (χ4v) is 3.18. The molecule has 1 fully saturated rings. The summed E-state index contributed by atoms with van der Waals surface area (Å²) in [5.74, 6) is -0.128. The van der Waals surface area contributed by atoms with E-state index in [1.165, 1.54) is 0 Å². The number of aliphatic carboxylic acids is 1. The minimum absolute atomic E-state index is 0.0361. The number of nitrogens with zero attached hydrogens (tertiary/aromatic N) is 1. The van der Waals surface area contributed by atoms with Crippen molar-refractivity contribution in [2.75, 3.05) is 25.0 Å². The molecule has 0 saturated carbocycles. The Morgan fingerprint density at radius 1 is 1.12 bits per heavy atom. The Bertz CT molecular complexity index is 778. The Morgan fingerprint density at radius 2 is 1.81 bits per heavy atom. The molecule has 3 rings (SSSR count). The summed E-state index contributed by atoms with van der Waals surface area (Å²) in [7, 11) is 0. The van der Waals surface area contributed by atoms with Crippen LogP contribution in [0.25, 0.3) is 0 Å². The van der Waals surface area contributed by atoms with Crippen LogP contribution >= 0.6 is 0 Å². The molecular weight excluding hydrogens is 332 g/mol. The van der Waals surface area contributed by atoms with Gasteiger partial charge in [0.15, 0.2) is 5.75 Å². The molecule has 1 heterocycles. The molecule has 26 heavy (non-hydrogen) atoms. The molecule has 1 saturated heterocycles. The van der Waals surface area contributed by atoms with Gasteiger partial charge < -0.3 is 15.2 Å². The third-order valence-corrected chi connectivity index (χ3v) is 4.50. The van der Waals surface area contributed by atoms with Crippen molar-refractivity contribution in [1.29, 1.82) is 0 Å². The van der Waals surface area contributed by atoms with E-state index in [1.807, 2.05) is 54.3 Å². The van der Waals surface area contributed by atoms with Crippen molar-refractivity contribution < 1.29 is 19.4 Å². The smallest absolute Gasteiger partial charge is 0.308 e. The predicted molar refractivity (Wildman–Crippen MR) is 98.3 cm³/mol. The number of carboxylic acid groups (broad SMARTS) is 1. The molecule has 2 aromatic carbocycles. The van der Waals surface area contributed by atoms with E-state index in [1.54, 1.807) is 12.1 Å². The third-order valence-electron chi connectivity index (χ3n) is 4.50. The summed E-state index contributed by atoms with van der Waals surface area (Å²) in [6, 6.07) is 16.6. The normalized spacial score (nSPS) is 19.9. The van der Waals surface area contributed by atoms with Gasteiger partial charge in [0.05, 0.1) is 18.2 Å². The minimum atomic E-state index is -0.804. The van der Waals surface area contributed by atoms with E-state index >= 15 is 0 Å². The molecule has 2 atom stereocenters. The number of anilines is 1. The van der Waals surface area contributed by atoms with E-state index in [2.05, 4.69) is 5.32 Å². The van der Waals surface area contributed by atoms with Crippen molar-refractivity contribution >= 4 is 17.6 Å². The highest BCUT2D eigenvalue weighted by molar-refractivity contribution is 5.93. The number of rotatable bonds is 6. The van der Waals surface area contributed by atoms with Gasteiger partial charge in [0.1, 0.15) is 5.75 Å². The van der Waals surface area contributed by atoms with Gasteiger partial charge in [-0.3, -0.25) is 14.5 Å². The van der Waals surface area contributed by atoms with Gasteiger partial charge in [-0.2, -0.15) is 0 Å². The number of ether oxygens (including phenoxy) is 1. The van der Waals surface area contributed by atoms with Crippen LogP contribution in [0.2, 0.25) is 0 Å². The molecule has 0 bridgehead atoms. The van der Waals surface area contributed by atoms with Gasteiger partial charge in [-0.25, -0.2) is 0 Å². The Balaban J connectivity index is 1.62. The predicted octanol–water partition coefficient (Wildman–Crippen LogP) is 3.07. The molecule has 6 nitrogen and oxygen atoms in total. The number of benzene rings is 2. The van der Waals surface area contributed by atoms with Crippen molar-refractivity contribution in [2.24, 2.45) is 11.8 Å². The average molecular weight is 354 g/mol. The molecule has 0 radical (unpaired) electrons. The summed E-state index contributed by atoms with van der Waals surface area (Å²) in [6.07, 6.45) is 0. The number of amides is 1. The summed E-state index contributed by atoms with van der Waals surface area (Å²) < 4.78 is 5.84. The SMILES string of the molecule is C[C@@H]1CN(CC(=O)Nc2ccccc2Oc2ccccc2)C[C@H]1C(=O)O. The zero-order chi connectivity index (χ0) is 18.5. The van der Waals surface area contributed by atoms with Crippen LogP contribution in [0.15, 0.2) is 54.6 Å². The lowest BCUT2D eigenvalue weighted by Crippen LogP contribution is -2.32. The lowest BCUT2D eigenvalue weighted by Gasteiger charge is -2.16. The van der Waals surface area contributed by atoms with E-state index in [0.29, 0.717) is 30.3 Å². The van der Waals surface area contributed by atoms with Gasteiger partial charge in [0.25, 0.3) is 0 Å². The number of para-hydroxylation sites is 3. The maximum absolute atomic E-state index is 12.4. The van der Waals surface area contributed by atoms with E-state index in [-0.39, 0.29) is 18.4 Å². The first-order chi connectivity index (χ1) is 12.5. The summed E-state index contributed by atoms with van der Waals surface area (Å²) in [5.41, 5.74) is 0.586. The fraction of sp³-hybridized carbons (Fsp3) is 0.300. The highest BCUT2D eigenvalue weighted by Gasteiger charge is 2.35. The molecule has 0 spiro atoms. The lowest BCUT2D eigenvalue weighted by molar-refractivity contribution is -0.142. The van der Waals surface area contributed by atoms with E-state index in [4.69, 9.17) is 4.74 Å². The van der Waals surface area contributed by atoms with E-state index < -0.39 is 11.9 Å². The molecule has 2 N–H and O–H groups in total. The zero-order valence-electron chi connectivity index (χ0n) is 14.6. The number of nitrogens with one attached hydrogen (secondary N) is 1. The summed E-state index contributed by atoms with van der Waals surface area (Å²) in [5, 5.41) is 12.1. The number of hydrogen-bond acceptors (Lipinski definition) is 4. The van der Waals surface area contributed by atoms with Crippen molar-refractivity contribution in [3.05, 3.63) is 54.6 Å². The largest absolute Gasteiger partial charge is 0.481 e. The molecule has 1 aliphatic heterocycles. The molecule has 6 heteroatoms.